The maximum absolute atomic E-state index is 13.7. The summed E-state index contributed by atoms with van der Waals surface area (Å²) in [4.78, 5) is 31.0. The van der Waals surface area contributed by atoms with Gasteiger partial charge in [-0.2, -0.15) is 0 Å². The second-order valence-corrected chi connectivity index (χ2v) is 12.3. The predicted molar refractivity (Wildman–Crippen MR) is 148 cm³/mol. The van der Waals surface area contributed by atoms with Crippen molar-refractivity contribution in [3.63, 3.8) is 0 Å². The number of fused-ring (bicyclic) bond motifs is 1. The van der Waals surface area contributed by atoms with Gasteiger partial charge in [-0.15, -0.1) is 0 Å². The van der Waals surface area contributed by atoms with Gasteiger partial charge in [0, 0.05) is 40.4 Å². The molecule has 2 amide bonds. The van der Waals surface area contributed by atoms with Gasteiger partial charge >= 0.3 is 12.0 Å². The minimum atomic E-state index is -4.27. The third kappa shape index (κ3) is 6.38. The Morgan fingerprint density at radius 1 is 1.05 bits per heavy atom. The van der Waals surface area contributed by atoms with Gasteiger partial charge in [0.15, 0.2) is 0 Å². The van der Waals surface area contributed by atoms with Crippen molar-refractivity contribution in [3.05, 3.63) is 76.5 Å². The minimum absolute atomic E-state index is 0.137. The average Bonchev–Trinajstić information content (AvgIpc) is 3.25. The largest absolute Gasteiger partial charge is 0.459 e. The summed E-state index contributed by atoms with van der Waals surface area (Å²) in [5, 5.41) is 3.09. The van der Waals surface area contributed by atoms with Crippen LogP contribution in [0.15, 0.2) is 65.8 Å². The lowest BCUT2D eigenvalue weighted by Gasteiger charge is -2.27. The zero-order valence-corrected chi connectivity index (χ0v) is 23.3. The second-order valence-electron chi connectivity index (χ2n) is 9.58. The molecule has 0 fully saturated rings. The van der Waals surface area contributed by atoms with Crippen LogP contribution in [0, 0.1) is 0 Å². The van der Waals surface area contributed by atoms with Gasteiger partial charge in [-0.1, -0.05) is 23.2 Å². The Balaban J connectivity index is 1.68. The second kappa shape index (κ2) is 10.8. The number of sulfonamides is 1. The van der Waals surface area contributed by atoms with Crippen LogP contribution in [-0.4, -0.2) is 44.1 Å². The van der Waals surface area contributed by atoms with Gasteiger partial charge in [0.05, 0.1) is 10.6 Å². The van der Waals surface area contributed by atoms with Crippen molar-refractivity contribution >= 4 is 62.3 Å². The number of rotatable bonds is 6. The number of aromatic nitrogens is 1. The van der Waals surface area contributed by atoms with Crippen molar-refractivity contribution in [2.45, 2.75) is 37.7 Å². The van der Waals surface area contributed by atoms with Gasteiger partial charge in [0.1, 0.15) is 12.1 Å². The van der Waals surface area contributed by atoms with E-state index in [1.807, 2.05) is 0 Å². The summed E-state index contributed by atoms with van der Waals surface area (Å²) in [7, 11) is -4.27. The number of esters is 1. The van der Waals surface area contributed by atoms with Crippen LogP contribution in [0.1, 0.15) is 26.3 Å². The first-order valence-corrected chi connectivity index (χ1v) is 13.9. The third-order valence-corrected chi connectivity index (χ3v) is 7.73. The van der Waals surface area contributed by atoms with Crippen molar-refractivity contribution in [1.29, 1.82) is 0 Å². The number of hydrogen-bond acceptors (Lipinski definition) is 6. The first kappa shape index (κ1) is 27.7. The molecule has 0 saturated heterocycles. The molecule has 0 unspecified atom stereocenters. The number of pyridine rings is 1. The lowest BCUT2D eigenvalue weighted by molar-refractivity contribution is -0.152. The molecule has 1 N–H and O–H groups in total. The third-order valence-electron chi connectivity index (χ3n) is 5.54. The highest BCUT2D eigenvalue weighted by molar-refractivity contribution is 7.92. The molecule has 0 bridgehead atoms. The van der Waals surface area contributed by atoms with Gasteiger partial charge in [-0.3, -0.25) is 19.0 Å². The van der Waals surface area contributed by atoms with E-state index < -0.39 is 28.1 Å². The number of nitrogens with zero attached hydrogens (tertiary/aromatic N) is 3. The standard InChI is InChI=1S/C26H26Cl2N4O5S/c1-26(2,3)37-24(33)16-32(38(35,36)22-14-18(27)13-19(28)15-22)21-4-5-23-17(12-21)8-11-31(23)25(34)30-20-6-9-29-10-7-20/h4-7,9-10,12-15H,8,11,16H2,1-3H3,(H,29,30,34). The number of urea groups is 1. The van der Waals surface area contributed by atoms with E-state index in [1.165, 1.54) is 18.2 Å². The van der Waals surface area contributed by atoms with E-state index in [0.717, 1.165) is 9.87 Å². The first-order chi connectivity index (χ1) is 17.8. The summed E-state index contributed by atoms with van der Waals surface area (Å²) in [6, 6.07) is 11.8. The van der Waals surface area contributed by atoms with Crippen molar-refractivity contribution in [3.8, 4) is 0 Å². The van der Waals surface area contributed by atoms with E-state index in [0.29, 0.717) is 24.3 Å². The Morgan fingerprint density at radius 3 is 2.34 bits per heavy atom. The minimum Gasteiger partial charge on any atom is -0.459 e. The summed E-state index contributed by atoms with van der Waals surface area (Å²) < 4.78 is 33.8. The first-order valence-electron chi connectivity index (χ1n) is 11.7. The Bertz CT molecular complexity index is 1460. The molecular weight excluding hydrogens is 551 g/mol. The molecular formula is C26H26Cl2N4O5S. The van der Waals surface area contributed by atoms with Crippen LogP contribution in [0.5, 0.6) is 0 Å². The van der Waals surface area contributed by atoms with E-state index in [4.69, 9.17) is 27.9 Å². The fraction of sp³-hybridized carbons (Fsp3) is 0.269. The molecule has 200 valence electrons. The van der Waals surface area contributed by atoms with E-state index in [2.05, 4.69) is 10.3 Å². The lowest BCUT2D eigenvalue weighted by Crippen LogP contribution is -2.39. The lowest BCUT2D eigenvalue weighted by atomic mass is 10.1. The van der Waals surface area contributed by atoms with Gasteiger partial charge in [0.25, 0.3) is 10.0 Å². The zero-order chi connectivity index (χ0) is 27.7. The molecule has 9 nitrogen and oxygen atoms in total. The van der Waals surface area contributed by atoms with Gasteiger partial charge in [0.2, 0.25) is 0 Å². The van der Waals surface area contributed by atoms with Crippen LogP contribution in [0.3, 0.4) is 0 Å². The zero-order valence-electron chi connectivity index (χ0n) is 20.9. The number of ether oxygens (including phenoxy) is 1. The Hall–Kier alpha value is -3.34. The van der Waals surface area contributed by atoms with E-state index in [1.54, 1.807) is 68.4 Å². The number of benzene rings is 2. The Morgan fingerprint density at radius 2 is 1.71 bits per heavy atom. The van der Waals surface area contributed by atoms with Crippen molar-refractivity contribution < 1.29 is 22.7 Å². The number of anilines is 3. The molecule has 0 atom stereocenters. The van der Waals surface area contributed by atoms with E-state index in [9.17, 15) is 18.0 Å². The number of carbonyl (C=O) groups excluding carboxylic acids is 2. The monoisotopic (exact) mass is 576 g/mol. The number of carbonyl (C=O) groups is 2. The fourth-order valence-electron chi connectivity index (χ4n) is 3.99. The Labute approximate surface area is 231 Å². The predicted octanol–water partition coefficient (Wildman–Crippen LogP) is 5.52. The molecule has 0 aliphatic carbocycles. The van der Waals surface area contributed by atoms with Crippen LogP contribution in [-0.2, 0) is 26.0 Å². The summed E-state index contributed by atoms with van der Waals surface area (Å²) in [6.07, 6.45) is 3.65. The highest BCUT2D eigenvalue weighted by atomic mass is 35.5. The highest BCUT2D eigenvalue weighted by Gasteiger charge is 2.32. The maximum Gasteiger partial charge on any atom is 0.327 e. The smallest absolute Gasteiger partial charge is 0.327 e. The molecule has 2 heterocycles. The van der Waals surface area contributed by atoms with Crippen molar-refractivity contribution in [2.75, 3.05) is 27.6 Å². The molecule has 1 aliphatic heterocycles. The van der Waals surface area contributed by atoms with E-state index >= 15 is 0 Å². The molecule has 0 saturated carbocycles. The van der Waals surface area contributed by atoms with Crippen LogP contribution in [0.25, 0.3) is 0 Å². The highest BCUT2D eigenvalue weighted by Crippen LogP contribution is 2.35. The van der Waals surface area contributed by atoms with Crippen molar-refractivity contribution in [2.24, 2.45) is 0 Å². The number of nitrogens with one attached hydrogen (secondary N) is 1. The van der Waals surface area contributed by atoms with Crippen LogP contribution < -0.4 is 14.5 Å². The number of hydrogen-bond donors (Lipinski definition) is 1. The summed E-state index contributed by atoms with van der Waals surface area (Å²) >= 11 is 12.1. The Kier molecular flexibility index (Phi) is 7.87. The normalized spacial score (nSPS) is 13.1. The molecule has 1 aliphatic rings. The molecule has 4 rings (SSSR count). The molecule has 12 heteroatoms. The topological polar surface area (TPSA) is 109 Å². The quantitative estimate of drug-likeness (QED) is 0.387. The summed E-state index contributed by atoms with van der Waals surface area (Å²) in [5.74, 6) is -0.729. The van der Waals surface area contributed by atoms with Crippen LogP contribution in [0.2, 0.25) is 10.0 Å². The van der Waals surface area contributed by atoms with Crippen LogP contribution >= 0.6 is 23.2 Å². The molecule has 0 radical (unpaired) electrons. The van der Waals surface area contributed by atoms with E-state index in [-0.39, 0.29) is 26.7 Å². The van der Waals surface area contributed by atoms with Gasteiger partial charge in [-0.05, 0) is 81.3 Å². The molecule has 2 aromatic carbocycles. The number of halogens is 2. The fourth-order valence-corrected chi connectivity index (χ4v) is 6.12. The number of amides is 2. The molecule has 38 heavy (non-hydrogen) atoms. The average molecular weight is 577 g/mol. The SMILES string of the molecule is CC(C)(C)OC(=O)CN(c1ccc2c(c1)CCN2C(=O)Nc1ccncc1)S(=O)(=O)c1cc(Cl)cc(Cl)c1. The molecule has 1 aromatic heterocycles. The van der Waals surface area contributed by atoms with Crippen molar-refractivity contribution in [1.82, 2.24) is 4.98 Å². The molecule has 3 aromatic rings. The summed E-state index contributed by atoms with van der Waals surface area (Å²) in [5.41, 5.74) is 1.42. The van der Waals surface area contributed by atoms with Gasteiger partial charge in [-0.25, -0.2) is 13.2 Å². The molecule has 0 spiro atoms. The van der Waals surface area contributed by atoms with Crippen LogP contribution in [0.4, 0.5) is 21.9 Å². The summed E-state index contributed by atoms with van der Waals surface area (Å²) in [6.45, 7) is 4.91. The maximum atomic E-state index is 13.7. The van der Waals surface area contributed by atoms with Gasteiger partial charge < -0.3 is 10.1 Å².